The van der Waals surface area contributed by atoms with Gasteiger partial charge in [-0.1, -0.05) is 47.0 Å². The largest absolute Gasteiger partial charge is 0.416 e. The van der Waals surface area contributed by atoms with Crippen LogP contribution in [0.25, 0.3) is 0 Å². The molecule has 0 aliphatic heterocycles. The van der Waals surface area contributed by atoms with Crippen molar-refractivity contribution in [1.29, 1.82) is 0 Å². The van der Waals surface area contributed by atoms with Gasteiger partial charge in [-0.15, -0.1) is 0 Å². The zero-order valence-corrected chi connectivity index (χ0v) is 19.4. The third-order valence-electron chi connectivity index (χ3n) is 4.59. The third kappa shape index (κ3) is 5.79. The molecule has 0 spiro atoms. The number of rotatable bonds is 6. The molecule has 1 N–H and O–H groups in total. The minimum atomic E-state index is -4.52. The van der Waals surface area contributed by atoms with Gasteiger partial charge in [-0.2, -0.15) is 13.2 Å². The first-order valence-electron chi connectivity index (χ1n) is 9.40. The molecule has 0 atom stereocenters. The maximum atomic E-state index is 13.4. The zero-order chi connectivity index (χ0) is 24.4. The predicted molar refractivity (Wildman–Crippen MR) is 122 cm³/mol. The summed E-state index contributed by atoms with van der Waals surface area (Å²) in [5.74, 6) is -0.790. The standard InChI is InChI=1S/C22H17Cl2F3N2O3S/c1-14-5-11-17(12-6-14)33(31,32)29(19-4-2-3-18(23)21(19)24)13-20(30)28-16-9-7-15(8-10-16)22(25,26)27/h2-12H,13H2,1H3,(H,28,30). The molecule has 0 saturated carbocycles. The van der Waals surface area contributed by atoms with Gasteiger partial charge in [0.15, 0.2) is 0 Å². The number of nitrogens with zero attached hydrogens (tertiary/aromatic N) is 1. The number of sulfonamides is 1. The Morgan fingerprint density at radius 1 is 0.970 bits per heavy atom. The monoisotopic (exact) mass is 516 g/mol. The first-order chi connectivity index (χ1) is 15.4. The van der Waals surface area contributed by atoms with Gasteiger partial charge in [-0.3, -0.25) is 9.10 Å². The van der Waals surface area contributed by atoms with E-state index in [4.69, 9.17) is 23.2 Å². The number of halogens is 5. The van der Waals surface area contributed by atoms with Gasteiger partial charge < -0.3 is 5.32 Å². The lowest BCUT2D eigenvalue weighted by Crippen LogP contribution is -2.38. The van der Waals surface area contributed by atoms with Crippen molar-refractivity contribution in [2.24, 2.45) is 0 Å². The normalized spacial score (nSPS) is 11.8. The van der Waals surface area contributed by atoms with Crippen molar-refractivity contribution in [3.8, 4) is 0 Å². The van der Waals surface area contributed by atoms with E-state index in [2.05, 4.69) is 5.32 Å². The lowest BCUT2D eigenvalue weighted by molar-refractivity contribution is -0.137. The van der Waals surface area contributed by atoms with E-state index >= 15 is 0 Å². The van der Waals surface area contributed by atoms with Crippen LogP contribution in [0.1, 0.15) is 11.1 Å². The van der Waals surface area contributed by atoms with Crippen molar-refractivity contribution in [3.63, 3.8) is 0 Å². The van der Waals surface area contributed by atoms with E-state index in [-0.39, 0.29) is 26.3 Å². The number of carbonyl (C=O) groups is 1. The van der Waals surface area contributed by atoms with Gasteiger partial charge in [-0.05, 0) is 55.5 Å². The summed E-state index contributed by atoms with van der Waals surface area (Å²) in [4.78, 5) is 12.6. The SMILES string of the molecule is Cc1ccc(S(=O)(=O)N(CC(=O)Nc2ccc(C(F)(F)F)cc2)c2cccc(Cl)c2Cl)cc1. The molecule has 1 amide bonds. The Labute approximate surface area is 198 Å². The third-order valence-corrected chi connectivity index (χ3v) is 7.17. The van der Waals surface area contributed by atoms with Crippen LogP contribution in [0.2, 0.25) is 10.0 Å². The highest BCUT2D eigenvalue weighted by Crippen LogP contribution is 2.35. The molecule has 0 aliphatic carbocycles. The number of carbonyl (C=O) groups excluding carboxylic acids is 1. The summed E-state index contributed by atoms with van der Waals surface area (Å²) in [5, 5.41) is 2.41. The summed E-state index contributed by atoms with van der Waals surface area (Å²) < 4.78 is 65.8. The summed E-state index contributed by atoms with van der Waals surface area (Å²) in [5.41, 5.74) is 0.00121. The van der Waals surface area contributed by atoms with Crippen LogP contribution in [-0.4, -0.2) is 20.9 Å². The van der Waals surface area contributed by atoms with E-state index in [1.54, 1.807) is 19.1 Å². The Morgan fingerprint density at radius 3 is 2.15 bits per heavy atom. The van der Waals surface area contributed by atoms with Crippen molar-refractivity contribution in [2.75, 3.05) is 16.2 Å². The van der Waals surface area contributed by atoms with Crippen LogP contribution in [0.3, 0.4) is 0 Å². The number of amides is 1. The molecular formula is C22H17Cl2F3N2O3S. The van der Waals surface area contributed by atoms with Crippen LogP contribution in [0.4, 0.5) is 24.5 Å². The fourth-order valence-electron chi connectivity index (χ4n) is 2.90. The Balaban J connectivity index is 1.94. The molecule has 33 heavy (non-hydrogen) atoms. The van der Waals surface area contributed by atoms with Crippen molar-refractivity contribution in [2.45, 2.75) is 18.0 Å². The average Bonchev–Trinajstić information content (AvgIpc) is 2.74. The number of nitrogens with one attached hydrogen (secondary N) is 1. The summed E-state index contributed by atoms with van der Waals surface area (Å²) in [6, 6.07) is 14.1. The highest BCUT2D eigenvalue weighted by Gasteiger charge is 2.31. The molecule has 0 bridgehead atoms. The van der Waals surface area contributed by atoms with Crippen molar-refractivity contribution in [1.82, 2.24) is 0 Å². The molecule has 5 nitrogen and oxygen atoms in total. The molecule has 11 heteroatoms. The Bertz CT molecular complexity index is 1260. The van der Waals surface area contributed by atoms with E-state index in [0.29, 0.717) is 0 Å². The quantitative estimate of drug-likeness (QED) is 0.426. The van der Waals surface area contributed by atoms with Crippen LogP contribution in [0.15, 0.2) is 71.6 Å². The van der Waals surface area contributed by atoms with E-state index in [9.17, 15) is 26.4 Å². The van der Waals surface area contributed by atoms with Crippen molar-refractivity contribution >= 4 is 50.5 Å². The van der Waals surface area contributed by atoms with Crippen LogP contribution in [0.5, 0.6) is 0 Å². The maximum Gasteiger partial charge on any atom is 0.416 e. The molecule has 0 unspecified atom stereocenters. The summed E-state index contributed by atoms with van der Waals surface area (Å²) in [6.45, 7) is 1.09. The molecule has 3 aromatic carbocycles. The summed E-state index contributed by atoms with van der Waals surface area (Å²) in [7, 11) is -4.24. The molecule has 0 fully saturated rings. The second-order valence-corrected chi connectivity index (χ2v) is 9.67. The van der Waals surface area contributed by atoms with Crippen molar-refractivity contribution < 1.29 is 26.4 Å². The van der Waals surface area contributed by atoms with Gasteiger partial charge >= 0.3 is 6.18 Å². The van der Waals surface area contributed by atoms with Crippen LogP contribution in [0, 0.1) is 6.92 Å². The molecule has 0 saturated heterocycles. The topological polar surface area (TPSA) is 66.5 Å². The number of hydrogen-bond acceptors (Lipinski definition) is 3. The highest BCUT2D eigenvalue weighted by molar-refractivity contribution is 7.92. The zero-order valence-electron chi connectivity index (χ0n) is 17.0. The lowest BCUT2D eigenvalue weighted by atomic mass is 10.2. The second kappa shape index (κ2) is 9.62. The number of benzene rings is 3. The van der Waals surface area contributed by atoms with Crippen LogP contribution < -0.4 is 9.62 Å². The Morgan fingerprint density at radius 2 is 1.58 bits per heavy atom. The van der Waals surface area contributed by atoms with Crippen molar-refractivity contribution in [3.05, 3.63) is 87.9 Å². The fraction of sp³-hybridized carbons (Fsp3) is 0.136. The first-order valence-corrected chi connectivity index (χ1v) is 11.6. The molecule has 3 aromatic rings. The fourth-order valence-corrected chi connectivity index (χ4v) is 4.78. The highest BCUT2D eigenvalue weighted by atomic mass is 35.5. The van der Waals surface area contributed by atoms with E-state index in [0.717, 1.165) is 34.1 Å². The van der Waals surface area contributed by atoms with E-state index < -0.39 is 34.2 Å². The molecule has 0 aromatic heterocycles. The van der Waals surface area contributed by atoms with E-state index in [1.165, 1.54) is 30.3 Å². The number of aryl methyl sites for hydroxylation is 1. The molecule has 0 radical (unpaired) electrons. The maximum absolute atomic E-state index is 13.4. The van der Waals surface area contributed by atoms with Crippen LogP contribution >= 0.6 is 23.2 Å². The smallest absolute Gasteiger partial charge is 0.325 e. The molecule has 0 heterocycles. The molecule has 0 aliphatic rings. The molecular weight excluding hydrogens is 500 g/mol. The second-order valence-electron chi connectivity index (χ2n) is 7.02. The van der Waals surface area contributed by atoms with Gasteiger partial charge in [0.05, 0.1) is 26.2 Å². The lowest BCUT2D eigenvalue weighted by Gasteiger charge is -2.25. The van der Waals surface area contributed by atoms with Gasteiger partial charge in [0.1, 0.15) is 6.54 Å². The first kappa shape index (κ1) is 24.9. The minimum Gasteiger partial charge on any atom is -0.325 e. The minimum absolute atomic E-state index is 0.0210. The Kier molecular flexibility index (Phi) is 7.26. The predicted octanol–water partition coefficient (Wildman–Crippen LogP) is 6.15. The number of alkyl halides is 3. The van der Waals surface area contributed by atoms with Gasteiger partial charge in [0.2, 0.25) is 5.91 Å². The number of anilines is 2. The van der Waals surface area contributed by atoms with Gasteiger partial charge in [0.25, 0.3) is 10.0 Å². The summed E-state index contributed by atoms with van der Waals surface area (Å²) >= 11 is 12.3. The summed E-state index contributed by atoms with van der Waals surface area (Å²) in [6.07, 6.45) is -4.52. The van der Waals surface area contributed by atoms with E-state index in [1.807, 2.05) is 0 Å². The number of hydrogen-bond donors (Lipinski definition) is 1. The molecule has 174 valence electrons. The molecule has 3 rings (SSSR count). The van der Waals surface area contributed by atoms with Gasteiger partial charge in [-0.25, -0.2) is 8.42 Å². The average molecular weight is 517 g/mol. The Hall–Kier alpha value is -2.75. The van der Waals surface area contributed by atoms with Gasteiger partial charge in [0, 0.05) is 5.69 Å². The van der Waals surface area contributed by atoms with Crippen LogP contribution in [-0.2, 0) is 21.0 Å².